The number of guanidine groups is 1. The smallest absolute Gasteiger partial charge is 0.194 e. The first-order chi connectivity index (χ1) is 8.75. The number of fused-ring (bicyclic) bond motifs is 1. The topological polar surface area (TPSA) is 45.4 Å². The van der Waals surface area contributed by atoms with E-state index in [1.54, 1.807) is 0 Å². The molecule has 0 spiro atoms. The Labute approximate surface area is 108 Å². The molecule has 0 atom stereocenters. The number of nitrogens with zero attached hydrogens (tertiary/aromatic N) is 4. The van der Waals surface area contributed by atoms with Crippen LogP contribution in [0.2, 0.25) is 0 Å². The van der Waals surface area contributed by atoms with E-state index in [4.69, 9.17) is 0 Å². The van der Waals surface area contributed by atoms with Gasteiger partial charge < -0.3 is 10.2 Å². The van der Waals surface area contributed by atoms with Crippen molar-refractivity contribution in [3.63, 3.8) is 0 Å². The molecule has 98 valence electrons. The van der Waals surface area contributed by atoms with E-state index in [9.17, 15) is 0 Å². The van der Waals surface area contributed by atoms with E-state index >= 15 is 0 Å². The quantitative estimate of drug-likeness (QED) is 0.836. The van der Waals surface area contributed by atoms with Crippen LogP contribution in [0.1, 0.15) is 29.8 Å². The van der Waals surface area contributed by atoms with Crippen molar-refractivity contribution in [1.29, 1.82) is 0 Å². The Kier molecular flexibility index (Phi) is 2.97. The molecule has 0 unspecified atom stereocenters. The first kappa shape index (κ1) is 11.6. The normalized spacial score (nSPS) is 18.8. The molecule has 5 nitrogen and oxygen atoms in total. The van der Waals surface area contributed by atoms with E-state index in [1.165, 1.54) is 36.2 Å². The van der Waals surface area contributed by atoms with Crippen molar-refractivity contribution in [3.8, 4) is 0 Å². The van der Waals surface area contributed by atoms with Crippen LogP contribution in [0.3, 0.4) is 0 Å². The van der Waals surface area contributed by atoms with Gasteiger partial charge in [0.15, 0.2) is 5.96 Å². The number of hydrogen-bond acceptors (Lipinski definition) is 4. The average molecular weight is 247 g/mol. The van der Waals surface area contributed by atoms with E-state index in [2.05, 4.69) is 34.4 Å². The Bertz CT molecular complexity index is 474. The Morgan fingerprint density at radius 2 is 2.06 bits per heavy atom. The van der Waals surface area contributed by atoms with Gasteiger partial charge in [-0.25, -0.2) is 0 Å². The zero-order valence-electron chi connectivity index (χ0n) is 11.2. The second kappa shape index (κ2) is 4.63. The summed E-state index contributed by atoms with van der Waals surface area (Å²) in [4.78, 5) is 6.63. The number of likely N-dealkylation sites (N-methyl/N-ethyl adjacent to an activating group) is 1. The summed E-state index contributed by atoms with van der Waals surface area (Å²) in [5.74, 6) is 1.01. The fourth-order valence-corrected chi connectivity index (χ4v) is 2.85. The number of aromatic nitrogens is 2. The summed E-state index contributed by atoms with van der Waals surface area (Å²) < 4.78 is 2.04. The summed E-state index contributed by atoms with van der Waals surface area (Å²) in [5.41, 5.74) is 4.10. The van der Waals surface area contributed by atoms with E-state index in [1.807, 2.05) is 4.68 Å². The first-order valence-electron chi connectivity index (χ1n) is 6.79. The van der Waals surface area contributed by atoms with Crippen LogP contribution in [0.15, 0.2) is 4.99 Å². The molecule has 2 aliphatic rings. The minimum Gasteiger partial charge on any atom is -0.351 e. The lowest BCUT2D eigenvalue weighted by atomic mass is 9.96. The van der Waals surface area contributed by atoms with Crippen LogP contribution < -0.4 is 5.32 Å². The molecule has 1 aromatic heterocycles. The molecule has 1 aliphatic carbocycles. The fraction of sp³-hybridized carbons (Fsp3) is 0.692. The highest BCUT2D eigenvalue weighted by Gasteiger charge is 2.20. The van der Waals surface area contributed by atoms with E-state index in [0.717, 1.165) is 32.0 Å². The van der Waals surface area contributed by atoms with Crippen LogP contribution in [0.4, 0.5) is 0 Å². The minimum absolute atomic E-state index is 0.835. The summed E-state index contributed by atoms with van der Waals surface area (Å²) >= 11 is 0. The third-order valence-corrected chi connectivity index (χ3v) is 3.92. The number of nitrogens with one attached hydrogen (secondary N) is 1. The van der Waals surface area contributed by atoms with Crippen molar-refractivity contribution >= 4 is 5.96 Å². The molecule has 1 aromatic rings. The van der Waals surface area contributed by atoms with E-state index in [-0.39, 0.29) is 0 Å². The van der Waals surface area contributed by atoms with Gasteiger partial charge in [-0.05, 0) is 31.2 Å². The van der Waals surface area contributed by atoms with Crippen molar-refractivity contribution in [2.45, 2.75) is 32.2 Å². The minimum atomic E-state index is 0.835. The first-order valence-corrected chi connectivity index (χ1v) is 6.79. The molecule has 0 bridgehead atoms. The van der Waals surface area contributed by atoms with Gasteiger partial charge in [0, 0.05) is 20.6 Å². The lowest BCUT2D eigenvalue weighted by Gasteiger charge is -2.16. The maximum Gasteiger partial charge on any atom is 0.194 e. The third-order valence-electron chi connectivity index (χ3n) is 3.92. The van der Waals surface area contributed by atoms with Gasteiger partial charge in [0.2, 0.25) is 0 Å². The third kappa shape index (κ3) is 1.98. The number of aliphatic imine (C=N–C) groups is 1. The molecule has 0 aromatic carbocycles. The summed E-state index contributed by atoms with van der Waals surface area (Å²) in [6.07, 6.45) is 4.91. The van der Waals surface area contributed by atoms with Gasteiger partial charge in [0.05, 0.1) is 24.5 Å². The van der Waals surface area contributed by atoms with Crippen molar-refractivity contribution < 1.29 is 0 Å². The van der Waals surface area contributed by atoms with Gasteiger partial charge in [-0.15, -0.1) is 0 Å². The second-order valence-electron chi connectivity index (χ2n) is 5.18. The predicted molar refractivity (Wildman–Crippen MR) is 71.6 cm³/mol. The zero-order valence-corrected chi connectivity index (χ0v) is 11.2. The molecule has 5 heteroatoms. The molecule has 0 radical (unpaired) electrons. The molecule has 0 saturated carbocycles. The maximum atomic E-state index is 4.64. The molecule has 18 heavy (non-hydrogen) atoms. The maximum absolute atomic E-state index is 4.64. The monoisotopic (exact) mass is 247 g/mol. The fourth-order valence-electron chi connectivity index (χ4n) is 2.85. The van der Waals surface area contributed by atoms with Gasteiger partial charge in [-0.1, -0.05) is 0 Å². The Balaban J connectivity index is 1.74. The predicted octanol–water partition coefficient (Wildman–Crippen LogP) is 0.690. The molecular formula is C13H21N5. The SMILES string of the molecule is CN1CCN=C1NCc1c2c(nn1C)CCCC2. The van der Waals surface area contributed by atoms with Crippen LogP contribution in [0, 0.1) is 0 Å². The van der Waals surface area contributed by atoms with E-state index in [0.29, 0.717) is 0 Å². The average Bonchev–Trinajstić information content (AvgIpc) is 2.90. The van der Waals surface area contributed by atoms with Gasteiger partial charge in [0.25, 0.3) is 0 Å². The highest BCUT2D eigenvalue weighted by atomic mass is 15.3. The molecule has 3 rings (SSSR count). The number of rotatable bonds is 2. The van der Waals surface area contributed by atoms with Gasteiger partial charge >= 0.3 is 0 Å². The second-order valence-corrected chi connectivity index (χ2v) is 5.18. The molecule has 1 aliphatic heterocycles. The molecule has 0 amide bonds. The summed E-state index contributed by atoms with van der Waals surface area (Å²) in [6, 6.07) is 0. The number of hydrogen-bond donors (Lipinski definition) is 1. The van der Waals surface area contributed by atoms with Crippen molar-refractivity contribution in [3.05, 3.63) is 17.0 Å². The molecule has 2 heterocycles. The van der Waals surface area contributed by atoms with Crippen molar-refractivity contribution in [1.82, 2.24) is 20.0 Å². The van der Waals surface area contributed by atoms with Crippen LogP contribution >= 0.6 is 0 Å². The highest BCUT2D eigenvalue weighted by Crippen LogP contribution is 2.23. The lowest BCUT2D eigenvalue weighted by molar-refractivity contribution is 0.530. The van der Waals surface area contributed by atoms with Crippen molar-refractivity contribution in [2.24, 2.45) is 12.0 Å². The van der Waals surface area contributed by atoms with Gasteiger partial charge in [0.1, 0.15) is 0 Å². The van der Waals surface area contributed by atoms with E-state index < -0.39 is 0 Å². The Hall–Kier alpha value is -1.52. The molecule has 0 fully saturated rings. The molecule has 0 saturated heterocycles. The number of aryl methyl sites for hydroxylation is 2. The summed E-state index contributed by atoms with van der Waals surface area (Å²) in [7, 11) is 4.13. The van der Waals surface area contributed by atoms with Gasteiger partial charge in [-0.2, -0.15) is 5.10 Å². The molecule has 1 N–H and O–H groups in total. The van der Waals surface area contributed by atoms with Crippen LogP contribution in [0.5, 0.6) is 0 Å². The standard InChI is InChI=1S/C13H21N5/c1-17-8-7-14-13(17)15-9-12-10-5-3-4-6-11(10)16-18(12)2/h3-9H2,1-2H3,(H,14,15). The van der Waals surface area contributed by atoms with Crippen molar-refractivity contribution in [2.75, 3.05) is 20.1 Å². The Morgan fingerprint density at radius 3 is 2.83 bits per heavy atom. The van der Waals surface area contributed by atoms with Gasteiger partial charge in [-0.3, -0.25) is 9.67 Å². The van der Waals surface area contributed by atoms with Crippen LogP contribution in [-0.2, 0) is 26.4 Å². The Morgan fingerprint density at radius 1 is 1.22 bits per heavy atom. The highest BCUT2D eigenvalue weighted by molar-refractivity contribution is 5.81. The zero-order chi connectivity index (χ0) is 12.5. The lowest BCUT2D eigenvalue weighted by Crippen LogP contribution is -2.35. The van der Waals surface area contributed by atoms with Crippen LogP contribution in [-0.4, -0.2) is 40.8 Å². The van der Waals surface area contributed by atoms with Crippen LogP contribution in [0.25, 0.3) is 0 Å². The summed E-state index contributed by atoms with van der Waals surface area (Å²) in [5, 5.41) is 8.08. The molecular weight excluding hydrogens is 226 g/mol. The largest absolute Gasteiger partial charge is 0.351 e. The summed E-state index contributed by atoms with van der Waals surface area (Å²) in [6.45, 7) is 2.76.